The third-order valence-electron chi connectivity index (χ3n) is 5.22. The van der Waals surface area contributed by atoms with E-state index >= 15 is 0 Å². The minimum Gasteiger partial charge on any atom is -0.393 e. The summed E-state index contributed by atoms with van der Waals surface area (Å²) in [5.41, 5.74) is 6.46. The molecule has 0 radical (unpaired) electrons. The van der Waals surface area contributed by atoms with Gasteiger partial charge in [0.2, 0.25) is 0 Å². The van der Waals surface area contributed by atoms with E-state index in [4.69, 9.17) is 5.73 Å². The smallest absolute Gasteiger partial charge is 0.0541 e. The van der Waals surface area contributed by atoms with E-state index in [1.54, 1.807) is 0 Å². The zero-order valence-electron chi connectivity index (χ0n) is 11.9. The zero-order valence-corrected chi connectivity index (χ0v) is 11.9. The van der Waals surface area contributed by atoms with Gasteiger partial charge in [0.1, 0.15) is 0 Å². The van der Waals surface area contributed by atoms with Crippen LogP contribution in [0.15, 0.2) is 0 Å². The second-order valence-corrected chi connectivity index (χ2v) is 6.62. The predicted octanol–water partition coefficient (Wildman–Crippen LogP) is 1.99. The predicted molar refractivity (Wildman–Crippen MR) is 75.4 cm³/mol. The van der Waals surface area contributed by atoms with Crippen LogP contribution in [0, 0.1) is 11.3 Å². The first kappa shape index (κ1) is 14.3. The number of hydrogen-bond acceptors (Lipinski definition) is 3. The first-order chi connectivity index (χ1) is 8.65. The Morgan fingerprint density at radius 3 is 2.33 bits per heavy atom. The van der Waals surface area contributed by atoms with Crippen LogP contribution in [0.3, 0.4) is 0 Å². The fourth-order valence-electron chi connectivity index (χ4n) is 3.80. The molecule has 3 heteroatoms. The molecule has 0 bridgehead atoms. The molecule has 0 spiro atoms. The third kappa shape index (κ3) is 3.46. The average molecular weight is 254 g/mol. The molecule has 2 fully saturated rings. The van der Waals surface area contributed by atoms with Gasteiger partial charge in [0.25, 0.3) is 0 Å². The van der Waals surface area contributed by atoms with Crippen molar-refractivity contribution >= 4 is 0 Å². The molecule has 1 aliphatic carbocycles. The lowest BCUT2D eigenvalue weighted by molar-refractivity contribution is 0.0441. The Kier molecular flexibility index (Phi) is 5.05. The van der Waals surface area contributed by atoms with Crippen LogP contribution in [0.4, 0.5) is 0 Å². The molecule has 1 saturated carbocycles. The fraction of sp³-hybridized carbons (Fsp3) is 1.00. The lowest BCUT2D eigenvalue weighted by Crippen LogP contribution is -2.47. The van der Waals surface area contributed by atoms with Gasteiger partial charge in [-0.15, -0.1) is 0 Å². The monoisotopic (exact) mass is 254 g/mol. The minimum atomic E-state index is -0.134. The molecule has 1 aliphatic heterocycles. The Morgan fingerprint density at radius 1 is 1.22 bits per heavy atom. The second kappa shape index (κ2) is 6.36. The first-order valence-electron chi connectivity index (χ1n) is 7.76. The van der Waals surface area contributed by atoms with E-state index in [0.29, 0.717) is 11.3 Å². The van der Waals surface area contributed by atoms with Crippen LogP contribution in [0.25, 0.3) is 0 Å². The lowest BCUT2D eigenvalue weighted by atomic mass is 9.73. The summed E-state index contributed by atoms with van der Waals surface area (Å²) in [7, 11) is 0. The molecule has 1 saturated heterocycles. The van der Waals surface area contributed by atoms with Crippen LogP contribution < -0.4 is 5.73 Å². The maximum atomic E-state index is 9.64. The first-order valence-corrected chi connectivity index (χ1v) is 7.76. The van der Waals surface area contributed by atoms with Crippen LogP contribution in [0.2, 0.25) is 0 Å². The normalized spacial score (nSPS) is 28.2. The summed E-state index contributed by atoms with van der Waals surface area (Å²) in [6.07, 6.45) is 8.93. The Hall–Kier alpha value is -0.120. The molecule has 106 valence electrons. The van der Waals surface area contributed by atoms with Gasteiger partial charge in [-0.2, -0.15) is 0 Å². The maximum absolute atomic E-state index is 9.64. The Labute approximate surface area is 112 Å². The van der Waals surface area contributed by atoms with Gasteiger partial charge in [-0.25, -0.2) is 0 Å². The fourth-order valence-corrected chi connectivity index (χ4v) is 3.80. The van der Waals surface area contributed by atoms with E-state index in [1.165, 1.54) is 38.6 Å². The molecule has 0 amide bonds. The van der Waals surface area contributed by atoms with E-state index in [-0.39, 0.29) is 6.10 Å². The van der Waals surface area contributed by atoms with E-state index in [1.807, 2.05) is 6.92 Å². The Balaban J connectivity index is 1.82. The van der Waals surface area contributed by atoms with Crippen molar-refractivity contribution in [3.8, 4) is 0 Å². The van der Waals surface area contributed by atoms with E-state index in [9.17, 15) is 5.11 Å². The van der Waals surface area contributed by atoms with Crippen LogP contribution in [0.5, 0.6) is 0 Å². The summed E-state index contributed by atoms with van der Waals surface area (Å²) in [6, 6.07) is 0. The number of aliphatic hydroxyl groups is 1. The van der Waals surface area contributed by atoms with Crippen molar-refractivity contribution < 1.29 is 5.11 Å². The molecule has 0 aromatic heterocycles. The number of piperidine rings is 1. The number of hydrogen-bond donors (Lipinski definition) is 2. The number of rotatable bonds is 4. The van der Waals surface area contributed by atoms with Crippen molar-refractivity contribution in [2.24, 2.45) is 17.1 Å². The molecule has 1 atom stereocenters. The number of likely N-dealkylation sites (tertiary alicyclic amines) is 1. The van der Waals surface area contributed by atoms with Crippen molar-refractivity contribution in [3.05, 3.63) is 0 Å². The van der Waals surface area contributed by atoms with Gasteiger partial charge in [0.05, 0.1) is 6.10 Å². The van der Waals surface area contributed by atoms with Gasteiger partial charge in [0, 0.05) is 6.54 Å². The van der Waals surface area contributed by atoms with Crippen molar-refractivity contribution in [2.75, 3.05) is 26.2 Å². The van der Waals surface area contributed by atoms with E-state index < -0.39 is 0 Å². The molecule has 0 aromatic carbocycles. The van der Waals surface area contributed by atoms with Gasteiger partial charge < -0.3 is 15.7 Å². The quantitative estimate of drug-likeness (QED) is 0.806. The van der Waals surface area contributed by atoms with Crippen molar-refractivity contribution in [2.45, 2.75) is 58.0 Å². The van der Waals surface area contributed by atoms with Gasteiger partial charge in [-0.05, 0) is 63.6 Å². The van der Waals surface area contributed by atoms with Crippen molar-refractivity contribution in [1.82, 2.24) is 4.90 Å². The molecule has 2 rings (SSSR count). The highest BCUT2D eigenvalue weighted by molar-refractivity contribution is 4.88. The van der Waals surface area contributed by atoms with Gasteiger partial charge >= 0.3 is 0 Å². The number of aliphatic hydroxyl groups excluding tert-OH is 1. The highest BCUT2D eigenvalue weighted by Crippen LogP contribution is 2.37. The summed E-state index contributed by atoms with van der Waals surface area (Å²) in [4.78, 5) is 2.59. The largest absolute Gasteiger partial charge is 0.393 e. The summed E-state index contributed by atoms with van der Waals surface area (Å²) >= 11 is 0. The Bertz CT molecular complexity index is 241. The molecule has 0 aromatic rings. The summed E-state index contributed by atoms with van der Waals surface area (Å²) in [6.45, 7) is 6.27. The third-order valence-corrected chi connectivity index (χ3v) is 5.22. The van der Waals surface area contributed by atoms with Crippen molar-refractivity contribution in [1.29, 1.82) is 0 Å². The standard InChI is InChI=1S/C15H30N2O/c1-13(18)14-5-9-17(10-6-14)12-15(11-16)7-3-2-4-8-15/h13-14,18H,2-12,16H2,1H3. The molecule has 1 unspecified atom stereocenters. The molecule has 1 heterocycles. The van der Waals surface area contributed by atoms with Crippen molar-refractivity contribution in [3.63, 3.8) is 0 Å². The second-order valence-electron chi connectivity index (χ2n) is 6.62. The summed E-state index contributed by atoms with van der Waals surface area (Å²) < 4.78 is 0. The average Bonchev–Trinajstić information content (AvgIpc) is 2.40. The molecular weight excluding hydrogens is 224 g/mol. The highest BCUT2D eigenvalue weighted by Gasteiger charge is 2.34. The zero-order chi connectivity index (χ0) is 13.0. The Morgan fingerprint density at radius 2 is 1.83 bits per heavy atom. The molecular formula is C15H30N2O. The molecule has 2 aliphatic rings. The molecule has 3 N–H and O–H groups in total. The van der Waals surface area contributed by atoms with Gasteiger partial charge in [-0.3, -0.25) is 0 Å². The summed E-state index contributed by atoms with van der Waals surface area (Å²) in [5.74, 6) is 0.515. The van der Waals surface area contributed by atoms with Crippen LogP contribution in [-0.4, -0.2) is 42.3 Å². The van der Waals surface area contributed by atoms with Crippen LogP contribution in [0.1, 0.15) is 51.9 Å². The number of nitrogens with two attached hydrogens (primary N) is 1. The lowest BCUT2D eigenvalue weighted by Gasteiger charge is -2.43. The SMILES string of the molecule is CC(O)C1CCN(CC2(CN)CCCCC2)CC1. The topological polar surface area (TPSA) is 49.5 Å². The molecule has 3 nitrogen and oxygen atoms in total. The highest BCUT2D eigenvalue weighted by atomic mass is 16.3. The van der Waals surface area contributed by atoms with Gasteiger partial charge in [-0.1, -0.05) is 19.3 Å². The van der Waals surface area contributed by atoms with E-state index in [0.717, 1.165) is 32.5 Å². The molecule has 18 heavy (non-hydrogen) atoms. The van der Waals surface area contributed by atoms with Crippen LogP contribution in [-0.2, 0) is 0 Å². The summed E-state index contributed by atoms with van der Waals surface area (Å²) in [5, 5.41) is 9.64. The minimum absolute atomic E-state index is 0.134. The maximum Gasteiger partial charge on any atom is 0.0541 e. The van der Waals surface area contributed by atoms with Gasteiger partial charge in [0.15, 0.2) is 0 Å². The number of nitrogens with zero attached hydrogens (tertiary/aromatic N) is 1. The van der Waals surface area contributed by atoms with Crippen LogP contribution >= 0.6 is 0 Å². The van der Waals surface area contributed by atoms with E-state index in [2.05, 4.69) is 4.90 Å².